The zero-order valence-electron chi connectivity index (χ0n) is 20.7. The fourth-order valence-electron chi connectivity index (χ4n) is 4.55. The van der Waals surface area contributed by atoms with E-state index in [1.54, 1.807) is 12.1 Å². The summed E-state index contributed by atoms with van der Waals surface area (Å²) in [6.07, 6.45) is 4.34. The number of alkyl halides is 1. The summed E-state index contributed by atoms with van der Waals surface area (Å²) in [5, 5.41) is 11.0. The van der Waals surface area contributed by atoms with E-state index in [1.165, 1.54) is 0 Å². The number of hydrogen-bond acceptors (Lipinski definition) is 4. The third-order valence-electron chi connectivity index (χ3n) is 6.77. The molecule has 2 aromatic carbocycles. The number of ether oxygens (including phenoxy) is 2. The van der Waals surface area contributed by atoms with E-state index in [0.29, 0.717) is 49.1 Å². The van der Waals surface area contributed by atoms with E-state index in [-0.39, 0.29) is 18.9 Å². The normalized spacial score (nSPS) is 15.4. The molecule has 1 fully saturated rings. The molecule has 3 rings (SSSR count). The van der Waals surface area contributed by atoms with E-state index in [9.17, 15) is 14.3 Å². The number of benzene rings is 2. The molecule has 0 bridgehead atoms. The average molecular weight is 472 g/mol. The van der Waals surface area contributed by atoms with E-state index in [4.69, 9.17) is 9.47 Å². The first kappa shape index (κ1) is 26.0. The molecule has 6 heteroatoms. The van der Waals surface area contributed by atoms with E-state index in [2.05, 4.69) is 13.8 Å². The topological polar surface area (TPSA) is 59.0 Å². The zero-order chi connectivity index (χ0) is 24.6. The van der Waals surface area contributed by atoms with Gasteiger partial charge in [0.15, 0.2) is 0 Å². The standard InChI is InChI=1S/C28H38FNO4/c1-4-22(5-2)20-28(32)10-13-30(14-11-28)27(31)18-23-16-25(33-15-12-29)19-26(17-23)34-24-8-6-21(3)7-9-24/h6-9,16-17,19,22,32H,4-5,10-15,18,20H2,1-3H3. The zero-order valence-corrected chi connectivity index (χ0v) is 20.7. The Labute approximate surface area is 202 Å². The Morgan fingerprint density at radius 2 is 1.71 bits per heavy atom. The van der Waals surface area contributed by atoms with Gasteiger partial charge >= 0.3 is 0 Å². The van der Waals surface area contributed by atoms with Gasteiger partial charge in [0.25, 0.3) is 0 Å². The predicted molar refractivity (Wildman–Crippen MR) is 132 cm³/mol. The van der Waals surface area contributed by atoms with Crippen molar-refractivity contribution in [2.45, 2.75) is 64.9 Å². The van der Waals surface area contributed by atoms with Crippen molar-refractivity contribution in [1.82, 2.24) is 4.90 Å². The molecule has 0 saturated carbocycles. The molecular weight excluding hydrogens is 433 g/mol. The second-order valence-corrected chi connectivity index (χ2v) is 9.43. The van der Waals surface area contributed by atoms with Crippen molar-refractivity contribution < 1.29 is 23.8 Å². The number of hydrogen-bond donors (Lipinski definition) is 1. The van der Waals surface area contributed by atoms with Crippen LogP contribution in [0.2, 0.25) is 0 Å². The largest absolute Gasteiger partial charge is 0.491 e. The highest BCUT2D eigenvalue weighted by Gasteiger charge is 2.35. The number of carbonyl (C=O) groups excluding carboxylic acids is 1. The van der Waals surface area contributed by atoms with Gasteiger partial charge in [-0.05, 0) is 61.9 Å². The fourth-order valence-corrected chi connectivity index (χ4v) is 4.55. The van der Waals surface area contributed by atoms with Crippen molar-refractivity contribution in [1.29, 1.82) is 0 Å². The van der Waals surface area contributed by atoms with Crippen LogP contribution in [-0.2, 0) is 11.2 Å². The molecule has 1 aliphatic rings. The van der Waals surface area contributed by atoms with Gasteiger partial charge in [0, 0.05) is 19.2 Å². The minimum absolute atomic E-state index is 0.00788. The number of piperidine rings is 1. The Morgan fingerprint density at radius 3 is 2.32 bits per heavy atom. The average Bonchev–Trinajstić information content (AvgIpc) is 2.83. The highest BCUT2D eigenvalue weighted by molar-refractivity contribution is 5.79. The predicted octanol–water partition coefficient (Wildman–Crippen LogP) is 5.86. The number of likely N-dealkylation sites (tertiary alicyclic amines) is 1. The van der Waals surface area contributed by atoms with Gasteiger partial charge < -0.3 is 19.5 Å². The minimum Gasteiger partial charge on any atom is -0.491 e. The summed E-state index contributed by atoms with van der Waals surface area (Å²) in [6, 6.07) is 13.0. The second kappa shape index (κ2) is 12.2. The third-order valence-corrected chi connectivity index (χ3v) is 6.77. The molecule has 0 aromatic heterocycles. The third kappa shape index (κ3) is 7.45. The molecule has 1 saturated heterocycles. The SMILES string of the molecule is CCC(CC)CC1(O)CCN(C(=O)Cc2cc(OCCF)cc(Oc3ccc(C)cc3)c2)CC1. The second-order valence-electron chi connectivity index (χ2n) is 9.43. The summed E-state index contributed by atoms with van der Waals surface area (Å²) in [4.78, 5) is 14.9. The first-order chi connectivity index (χ1) is 16.3. The van der Waals surface area contributed by atoms with Crippen LogP contribution in [0.25, 0.3) is 0 Å². The summed E-state index contributed by atoms with van der Waals surface area (Å²) in [7, 11) is 0. The quantitative estimate of drug-likeness (QED) is 0.446. The summed E-state index contributed by atoms with van der Waals surface area (Å²) >= 11 is 0. The summed E-state index contributed by atoms with van der Waals surface area (Å²) < 4.78 is 24.1. The lowest BCUT2D eigenvalue weighted by atomic mass is 9.81. The van der Waals surface area contributed by atoms with E-state index in [1.807, 2.05) is 42.2 Å². The first-order valence-corrected chi connectivity index (χ1v) is 12.4. The van der Waals surface area contributed by atoms with Gasteiger partial charge in [-0.15, -0.1) is 0 Å². The number of halogens is 1. The molecule has 1 heterocycles. The molecule has 1 aliphatic heterocycles. The van der Waals surface area contributed by atoms with Crippen LogP contribution in [0.3, 0.4) is 0 Å². The summed E-state index contributed by atoms with van der Waals surface area (Å²) in [5.74, 6) is 2.22. The highest BCUT2D eigenvalue weighted by atomic mass is 19.1. The molecule has 34 heavy (non-hydrogen) atoms. The lowest BCUT2D eigenvalue weighted by Gasteiger charge is -2.40. The number of aryl methyl sites for hydroxylation is 1. The van der Waals surface area contributed by atoms with E-state index in [0.717, 1.165) is 30.4 Å². The van der Waals surface area contributed by atoms with Crippen molar-refractivity contribution in [3.05, 3.63) is 53.6 Å². The minimum atomic E-state index is -0.678. The molecular formula is C28H38FNO4. The van der Waals surface area contributed by atoms with Crippen LogP contribution < -0.4 is 9.47 Å². The van der Waals surface area contributed by atoms with Crippen molar-refractivity contribution >= 4 is 5.91 Å². The Hall–Kier alpha value is -2.60. The maximum absolute atomic E-state index is 13.0. The lowest BCUT2D eigenvalue weighted by Crippen LogP contribution is -2.47. The first-order valence-electron chi connectivity index (χ1n) is 12.4. The molecule has 0 spiro atoms. The molecule has 1 amide bonds. The number of nitrogens with zero attached hydrogens (tertiary/aromatic N) is 1. The molecule has 0 aliphatic carbocycles. The van der Waals surface area contributed by atoms with Gasteiger partial charge in [-0.2, -0.15) is 0 Å². The Morgan fingerprint density at radius 1 is 1.06 bits per heavy atom. The molecule has 0 unspecified atom stereocenters. The van der Waals surface area contributed by atoms with Crippen LogP contribution in [0, 0.1) is 12.8 Å². The molecule has 1 N–H and O–H groups in total. The lowest BCUT2D eigenvalue weighted by molar-refractivity contribution is -0.135. The van der Waals surface area contributed by atoms with Crippen LogP contribution in [-0.4, -0.2) is 47.9 Å². The van der Waals surface area contributed by atoms with Crippen LogP contribution >= 0.6 is 0 Å². The van der Waals surface area contributed by atoms with Crippen LogP contribution in [0.1, 0.15) is 57.1 Å². The molecule has 0 atom stereocenters. The monoisotopic (exact) mass is 471 g/mol. The van der Waals surface area contributed by atoms with Gasteiger partial charge in [0.2, 0.25) is 5.91 Å². The maximum atomic E-state index is 13.0. The summed E-state index contributed by atoms with van der Waals surface area (Å²) in [5.41, 5.74) is 1.20. The summed E-state index contributed by atoms with van der Waals surface area (Å²) in [6.45, 7) is 6.80. The Balaban J connectivity index is 1.66. The van der Waals surface area contributed by atoms with Crippen LogP contribution in [0.4, 0.5) is 4.39 Å². The molecule has 186 valence electrons. The maximum Gasteiger partial charge on any atom is 0.226 e. The number of aliphatic hydroxyl groups is 1. The van der Waals surface area contributed by atoms with Crippen LogP contribution in [0.5, 0.6) is 17.2 Å². The van der Waals surface area contributed by atoms with Gasteiger partial charge in [-0.3, -0.25) is 4.79 Å². The number of amides is 1. The number of carbonyl (C=O) groups is 1. The van der Waals surface area contributed by atoms with Crippen molar-refractivity contribution in [2.75, 3.05) is 26.4 Å². The molecule has 2 aromatic rings. The van der Waals surface area contributed by atoms with Gasteiger partial charge in [0.05, 0.1) is 12.0 Å². The Kier molecular flexibility index (Phi) is 9.34. The van der Waals surface area contributed by atoms with E-state index < -0.39 is 12.3 Å². The van der Waals surface area contributed by atoms with Gasteiger partial charge in [-0.25, -0.2) is 4.39 Å². The van der Waals surface area contributed by atoms with E-state index >= 15 is 0 Å². The van der Waals surface area contributed by atoms with Gasteiger partial charge in [0.1, 0.15) is 30.5 Å². The smallest absolute Gasteiger partial charge is 0.226 e. The van der Waals surface area contributed by atoms with Crippen molar-refractivity contribution in [3.63, 3.8) is 0 Å². The van der Waals surface area contributed by atoms with Crippen molar-refractivity contribution in [3.8, 4) is 17.2 Å². The number of rotatable bonds is 11. The fraction of sp³-hybridized carbons (Fsp3) is 0.536. The van der Waals surface area contributed by atoms with Gasteiger partial charge in [-0.1, -0.05) is 44.4 Å². The van der Waals surface area contributed by atoms with Crippen molar-refractivity contribution in [2.24, 2.45) is 5.92 Å². The van der Waals surface area contributed by atoms with Crippen LogP contribution in [0.15, 0.2) is 42.5 Å². The molecule has 5 nitrogen and oxygen atoms in total. The Bertz CT molecular complexity index is 919. The highest BCUT2D eigenvalue weighted by Crippen LogP contribution is 2.32. The molecule has 0 radical (unpaired) electrons.